The maximum absolute atomic E-state index is 10.1. The molecule has 2 N–H and O–H groups in total. The van der Waals surface area contributed by atoms with E-state index in [-0.39, 0.29) is 6.61 Å². The lowest BCUT2D eigenvalue weighted by Crippen LogP contribution is -2.28. The first-order valence-electron chi connectivity index (χ1n) is 3.84. The zero-order valence-electron chi connectivity index (χ0n) is 7.80. The van der Waals surface area contributed by atoms with Crippen LogP contribution >= 0.6 is 0 Å². The van der Waals surface area contributed by atoms with E-state index < -0.39 is 12.1 Å². The van der Waals surface area contributed by atoms with Crippen LogP contribution in [-0.4, -0.2) is 54.5 Å². The molecule has 0 aromatic carbocycles. The number of aliphatic carboxylic acids is 1. The molecule has 0 aromatic heterocycles. The molecule has 0 saturated carbocycles. The zero-order valence-corrected chi connectivity index (χ0v) is 7.80. The van der Waals surface area contributed by atoms with Crippen molar-refractivity contribution in [3.05, 3.63) is 12.3 Å². The van der Waals surface area contributed by atoms with Crippen molar-refractivity contribution >= 4 is 5.97 Å². The number of carbonyl (C=O) groups is 1. The molecule has 13 heavy (non-hydrogen) atoms. The van der Waals surface area contributed by atoms with Gasteiger partial charge in [0.15, 0.2) is 0 Å². The summed E-state index contributed by atoms with van der Waals surface area (Å²) in [7, 11) is 3.18. The third-order valence-electron chi connectivity index (χ3n) is 1.33. The Morgan fingerprint density at radius 2 is 2.31 bits per heavy atom. The average molecular weight is 189 g/mol. The Bertz CT molecular complexity index is 181. The quantitative estimate of drug-likeness (QED) is 0.552. The number of hydrogen-bond acceptors (Lipinski definition) is 4. The van der Waals surface area contributed by atoms with Crippen molar-refractivity contribution in [3.63, 3.8) is 0 Å². The molecule has 0 spiro atoms. The normalized spacial score (nSPS) is 13.2. The number of carboxylic acid groups (broad SMARTS) is 1. The van der Waals surface area contributed by atoms with Gasteiger partial charge in [0.25, 0.3) is 0 Å². The van der Waals surface area contributed by atoms with Crippen LogP contribution in [0.4, 0.5) is 0 Å². The molecule has 0 saturated heterocycles. The van der Waals surface area contributed by atoms with Crippen molar-refractivity contribution in [2.75, 3.05) is 27.3 Å². The molecular formula is C8H15NO4. The highest BCUT2D eigenvalue weighted by Gasteiger charge is 2.04. The second kappa shape index (κ2) is 6.45. The van der Waals surface area contributed by atoms with E-state index in [0.29, 0.717) is 6.54 Å². The smallest absolute Gasteiger partial charge is 0.329 e. The predicted octanol–water partition coefficient (Wildman–Crippen LogP) is -0.476. The van der Waals surface area contributed by atoms with E-state index in [9.17, 15) is 9.90 Å². The fraction of sp³-hybridized carbons (Fsp3) is 0.625. The third kappa shape index (κ3) is 7.30. The second-order valence-corrected chi connectivity index (χ2v) is 2.70. The van der Waals surface area contributed by atoms with Crippen molar-refractivity contribution in [3.8, 4) is 0 Å². The van der Waals surface area contributed by atoms with Crippen LogP contribution in [0.1, 0.15) is 0 Å². The second-order valence-electron chi connectivity index (χ2n) is 2.70. The number of nitrogens with zero attached hydrogens (tertiary/aromatic N) is 1. The fourth-order valence-electron chi connectivity index (χ4n) is 0.829. The summed E-state index contributed by atoms with van der Waals surface area (Å²) < 4.78 is 4.71. The van der Waals surface area contributed by atoms with E-state index in [2.05, 4.69) is 0 Å². The van der Waals surface area contributed by atoms with Crippen molar-refractivity contribution in [1.82, 2.24) is 4.90 Å². The molecule has 1 unspecified atom stereocenters. The molecule has 0 radical (unpaired) electrons. The molecule has 5 nitrogen and oxygen atoms in total. The largest absolute Gasteiger partial charge is 0.478 e. The summed E-state index contributed by atoms with van der Waals surface area (Å²) in [5.74, 6) is -1.01. The lowest BCUT2D eigenvalue weighted by atomic mass is 10.3. The van der Waals surface area contributed by atoms with E-state index in [1.54, 1.807) is 11.9 Å². The lowest BCUT2D eigenvalue weighted by Gasteiger charge is -2.17. The Morgan fingerprint density at radius 1 is 1.69 bits per heavy atom. The minimum atomic E-state index is -1.01. The van der Waals surface area contributed by atoms with E-state index in [1.807, 2.05) is 0 Å². The lowest BCUT2D eigenvalue weighted by molar-refractivity contribution is -0.131. The van der Waals surface area contributed by atoms with Gasteiger partial charge in [-0.1, -0.05) is 0 Å². The molecule has 0 aliphatic carbocycles. The summed E-state index contributed by atoms with van der Waals surface area (Å²) in [5.41, 5.74) is 0. The highest BCUT2D eigenvalue weighted by Crippen LogP contribution is 1.91. The highest BCUT2D eigenvalue weighted by molar-refractivity contribution is 5.79. The van der Waals surface area contributed by atoms with Gasteiger partial charge in [-0.15, -0.1) is 0 Å². The van der Waals surface area contributed by atoms with Gasteiger partial charge in [-0.2, -0.15) is 0 Å². The Kier molecular flexibility index (Phi) is 5.92. The number of likely N-dealkylation sites (N-methyl/N-ethyl adjacent to an activating group) is 1. The zero-order chi connectivity index (χ0) is 10.3. The topological polar surface area (TPSA) is 70.0 Å². The summed E-state index contributed by atoms with van der Waals surface area (Å²) in [6.07, 6.45) is 1.80. The molecule has 5 heteroatoms. The van der Waals surface area contributed by atoms with Crippen molar-refractivity contribution < 1.29 is 19.7 Å². The molecule has 1 atom stereocenters. The molecule has 0 aliphatic heterocycles. The first kappa shape index (κ1) is 11.9. The molecule has 0 fully saturated rings. The SMILES string of the molecule is COCC(O)CN(C)C=CC(=O)O. The molecule has 0 amide bonds. The van der Waals surface area contributed by atoms with Gasteiger partial charge in [0, 0.05) is 33.0 Å². The van der Waals surface area contributed by atoms with Crippen LogP contribution in [0, 0.1) is 0 Å². The molecule has 0 aliphatic rings. The van der Waals surface area contributed by atoms with Gasteiger partial charge >= 0.3 is 5.97 Å². The number of hydrogen-bond donors (Lipinski definition) is 2. The van der Waals surface area contributed by atoms with Gasteiger partial charge < -0.3 is 19.8 Å². The van der Waals surface area contributed by atoms with Gasteiger partial charge in [-0.05, 0) is 0 Å². The number of aliphatic hydroxyl groups excluding tert-OH is 1. The van der Waals surface area contributed by atoms with Gasteiger partial charge in [0.05, 0.1) is 12.7 Å². The summed E-state index contributed by atoms with van der Waals surface area (Å²) in [4.78, 5) is 11.7. The van der Waals surface area contributed by atoms with Gasteiger partial charge in [0.2, 0.25) is 0 Å². The number of rotatable bonds is 6. The average Bonchev–Trinajstić information content (AvgIpc) is 2.01. The highest BCUT2D eigenvalue weighted by atomic mass is 16.5. The predicted molar refractivity (Wildman–Crippen MR) is 47.3 cm³/mol. The number of methoxy groups -OCH3 is 1. The first-order valence-corrected chi connectivity index (χ1v) is 3.84. The van der Waals surface area contributed by atoms with E-state index in [0.717, 1.165) is 6.08 Å². The minimum absolute atomic E-state index is 0.241. The number of ether oxygens (including phenoxy) is 1. The number of aliphatic hydroxyl groups is 1. The summed E-state index contributed by atoms with van der Waals surface area (Å²) in [6.45, 7) is 0.586. The van der Waals surface area contributed by atoms with Crippen LogP contribution in [0.5, 0.6) is 0 Å². The van der Waals surface area contributed by atoms with Gasteiger partial charge in [-0.3, -0.25) is 0 Å². The van der Waals surface area contributed by atoms with Crippen molar-refractivity contribution in [1.29, 1.82) is 0 Å². The van der Waals surface area contributed by atoms with E-state index in [1.165, 1.54) is 13.3 Å². The molecule has 0 aromatic rings. The van der Waals surface area contributed by atoms with Gasteiger partial charge in [-0.25, -0.2) is 4.79 Å². The molecule has 76 valence electrons. The number of carboxylic acids is 1. The van der Waals surface area contributed by atoms with Crippen molar-refractivity contribution in [2.45, 2.75) is 6.10 Å². The summed E-state index contributed by atoms with van der Waals surface area (Å²) in [5, 5.41) is 17.5. The molecule has 0 heterocycles. The Morgan fingerprint density at radius 3 is 2.77 bits per heavy atom. The Balaban J connectivity index is 3.72. The maximum atomic E-state index is 10.1. The van der Waals surface area contributed by atoms with Crippen LogP contribution in [-0.2, 0) is 9.53 Å². The third-order valence-corrected chi connectivity index (χ3v) is 1.33. The Hall–Kier alpha value is -1.07. The summed E-state index contributed by atoms with van der Waals surface area (Å²) in [6, 6.07) is 0. The Labute approximate surface area is 77.2 Å². The minimum Gasteiger partial charge on any atom is -0.478 e. The van der Waals surface area contributed by atoms with E-state index in [4.69, 9.17) is 9.84 Å². The van der Waals surface area contributed by atoms with Crippen molar-refractivity contribution in [2.24, 2.45) is 0 Å². The fourth-order valence-corrected chi connectivity index (χ4v) is 0.829. The van der Waals surface area contributed by atoms with E-state index >= 15 is 0 Å². The van der Waals surface area contributed by atoms with Crippen LogP contribution in [0.3, 0.4) is 0 Å². The van der Waals surface area contributed by atoms with Gasteiger partial charge in [0.1, 0.15) is 0 Å². The molecular weight excluding hydrogens is 174 g/mol. The van der Waals surface area contributed by atoms with Crippen LogP contribution < -0.4 is 0 Å². The maximum Gasteiger partial charge on any atom is 0.329 e. The first-order chi connectivity index (χ1) is 6.06. The monoisotopic (exact) mass is 189 g/mol. The standard InChI is InChI=1S/C8H15NO4/c1-9(4-3-8(11)12)5-7(10)6-13-2/h3-4,7,10H,5-6H2,1-2H3,(H,11,12). The van der Waals surface area contributed by atoms with Crippen LogP contribution in [0.2, 0.25) is 0 Å². The molecule has 0 rings (SSSR count). The summed E-state index contributed by atoms with van der Waals surface area (Å²) >= 11 is 0. The van der Waals surface area contributed by atoms with Crippen LogP contribution in [0.25, 0.3) is 0 Å². The molecule has 0 bridgehead atoms. The van der Waals surface area contributed by atoms with Crippen LogP contribution in [0.15, 0.2) is 12.3 Å².